The Hall–Kier alpha value is -3.25. The maximum atomic E-state index is 12.8. The number of nitrogens with one attached hydrogen (secondary N) is 1. The minimum atomic E-state index is -0.320. The Morgan fingerprint density at radius 2 is 1.77 bits per heavy atom. The van der Waals surface area contributed by atoms with Crippen LogP contribution in [0.3, 0.4) is 0 Å². The molecule has 1 amide bonds. The molecule has 4 aromatic rings. The van der Waals surface area contributed by atoms with Gasteiger partial charge in [-0.1, -0.05) is 43.0 Å². The average molecular weight is 432 g/mol. The van der Waals surface area contributed by atoms with E-state index in [1.54, 1.807) is 7.11 Å². The Kier molecular flexibility index (Phi) is 6.28. The second kappa shape index (κ2) is 9.27. The first-order valence-corrected chi connectivity index (χ1v) is 11.2. The Morgan fingerprint density at radius 3 is 2.45 bits per heavy atom. The third-order valence-electron chi connectivity index (χ3n) is 5.14. The molecular weight excluding hydrogens is 406 g/mol. The highest BCUT2D eigenvalue weighted by Gasteiger charge is 2.20. The van der Waals surface area contributed by atoms with Gasteiger partial charge in [0.25, 0.3) is 0 Å². The number of hydrogen-bond acceptors (Lipinski definition) is 4. The summed E-state index contributed by atoms with van der Waals surface area (Å²) in [5.41, 5.74) is 4.91. The lowest BCUT2D eigenvalue weighted by Crippen LogP contribution is -2.22. The summed E-state index contributed by atoms with van der Waals surface area (Å²) in [7, 11) is 1.65. The third-order valence-corrected chi connectivity index (χ3v) is 6.19. The van der Waals surface area contributed by atoms with Crippen molar-refractivity contribution in [1.29, 1.82) is 0 Å². The van der Waals surface area contributed by atoms with Crippen LogP contribution in [-0.4, -0.2) is 27.8 Å². The Balaban J connectivity index is 1.60. The first-order chi connectivity index (χ1) is 15.1. The van der Waals surface area contributed by atoms with Crippen LogP contribution in [0.2, 0.25) is 0 Å². The lowest BCUT2D eigenvalue weighted by atomic mass is 10.1. The van der Waals surface area contributed by atoms with Gasteiger partial charge in [0.05, 0.1) is 23.4 Å². The number of anilines is 1. The largest absolute Gasteiger partial charge is 0.497 e. The number of imidazole rings is 1. The van der Waals surface area contributed by atoms with E-state index >= 15 is 0 Å². The van der Waals surface area contributed by atoms with Crippen molar-refractivity contribution in [2.24, 2.45) is 0 Å². The van der Waals surface area contributed by atoms with E-state index in [0.29, 0.717) is 0 Å². The van der Waals surface area contributed by atoms with Gasteiger partial charge in [0, 0.05) is 11.4 Å². The molecule has 0 saturated carbocycles. The molecule has 0 aliphatic rings. The molecule has 0 spiro atoms. The van der Waals surface area contributed by atoms with Crippen molar-refractivity contribution in [2.45, 2.75) is 30.7 Å². The van der Waals surface area contributed by atoms with E-state index in [0.717, 1.165) is 39.7 Å². The minimum absolute atomic E-state index is 0.0532. The zero-order valence-electron chi connectivity index (χ0n) is 17.8. The van der Waals surface area contributed by atoms with Gasteiger partial charge in [0.1, 0.15) is 5.75 Å². The maximum Gasteiger partial charge on any atom is 0.237 e. The Morgan fingerprint density at radius 1 is 1.06 bits per heavy atom. The monoisotopic (exact) mass is 431 g/mol. The summed E-state index contributed by atoms with van der Waals surface area (Å²) in [4.78, 5) is 17.6. The highest BCUT2D eigenvalue weighted by Crippen LogP contribution is 2.31. The fourth-order valence-electron chi connectivity index (χ4n) is 3.34. The third kappa shape index (κ3) is 4.59. The standard InChI is InChI=1S/C25H25N3O2S/c1-4-18-9-11-19(12-10-18)26-24(29)17(2)31-25-27-22-7-5-6-8-23(22)28(25)20-13-15-21(30-3)16-14-20/h5-17H,4H2,1-3H3,(H,26,29)/t17-/m1/s1. The van der Waals surface area contributed by atoms with E-state index in [1.807, 2.05) is 79.7 Å². The van der Waals surface area contributed by atoms with Gasteiger partial charge in [-0.15, -0.1) is 0 Å². The number of nitrogens with zero attached hydrogens (tertiary/aromatic N) is 2. The SMILES string of the molecule is CCc1ccc(NC(=O)[C@@H](C)Sc2nc3ccccc3n2-c2ccc(OC)cc2)cc1. The quantitative estimate of drug-likeness (QED) is 0.381. The molecule has 0 aliphatic carbocycles. The minimum Gasteiger partial charge on any atom is -0.497 e. The van der Waals surface area contributed by atoms with Crippen molar-refractivity contribution in [2.75, 3.05) is 12.4 Å². The second-order valence-corrected chi connectivity index (χ2v) is 8.52. The van der Waals surface area contributed by atoms with Crippen LogP contribution in [0.25, 0.3) is 16.7 Å². The number of thioether (sulfide) groups is 1. The average Bonchev–Trinajstić information content (AvgIpc) is 3.17. The van der Waals surface area contributed by atoms with Crippen LogP contribution in [0, 0.1) is 0 Å². The number of hydrogen-bond donors (Lipinski definition) is 1. The van der Waals surface area contributed by atoms with E-state index in [-0.39, 0.29) is 11.2 Å². The van der Waals surface area contributed by atoms with Gasteiger partial charge in [-0.25, -0.2) is 4.98 Å². The highest BCUT2D eigenvalue weighted by atomic mass is 32.2. The predicted octanol–water partition coefficient (Wildman–Crippen LogP) is 5.72. The van der Waals surface area contributed by atoms with E-state index in [1.165, 1.54) is 17.3 Å². The van der Waals surface area contributed by atoms with Crippen molar-refractivity contribution in [1.82, 2.24) is 9.55 Å². The van der Waals surface area contributed by atoms with Gasteiger partial charge in [-0.05, 0) is 67.4 Å². The number of fused-ring (bicyclic) bond motifs is 1. The number of amides is 1. The number of methoxy groups -OCH3 is 1. The lowest BCUT2D eigenvalue weighted by molar-refractivity contribution is -0.115. The molecule has 1 heterocycles. The topological polar surface area (TPSA) is 56.2 Å². The molecule has 0 unspecified atom stereocenters. The first kappa shape index (κ1) is 21.0. The summed E-state index contributed by atoms with van der Waals surface area (Å²) in [6.45, 7) is 4.01. The van der Waals surface area contributed by atoms with Crippen LogP contribution in [0.15, 0.2) is 78.0 Å². The van der Waals surface area contributed by atoms with Crippen LogP contribution in [0.4, 0.5) is 5.69 Å². The number of para-hydroxylation sites is 2. The molecule has 31 heavy (non-hydrogen) atoms. The van der Waals surface area contributed by atoms with Crippen molar-refractivity contribution >= 4 is 34.4 Å². The molecule has 5 nitrogen and oxygen atoms in total. The number of aromatic nitrogens is 2. The molecule has 6 heteroatoms. The molecule has 1 atom stereocenters. The van der Waals surface area contributed by atoms with Gasteiger partial charge in [0.15, 0.2) is 5.16 Å². The number of carbonyl (C=O) groups excluding carboxylic acids is 1. The van der Waals surface area contributed by atoms with Crippen LogP contribution in [0.1, 0.15) is 19.4 Å². The summed E-state index contributed by atoms with van der Waals surface area (Å²) >= 11 is 1.44. The summed E-state index contributed by atoms with van der Waals surface area (Å²) in [5, 5.41) is 3.46. The van der Waals surface area contributed by atoms with E-state index in [4.69, 9.17) is 9.72 Å². The smallest absolute Gasteiger partial charge is 0.237 e. The van der Waals surface area contributed by atoms with Gasteiger partial charge >= 0.3 is 0 Å². The van der Waals surface area contributed by atoms with E-state index < -0.39 is 0 Å². The number of benzene rings is 3. The van der Waals surface area contributed by atoms with Crippen molar-refractivity contribution < 1.29 is 9.53 Å². The summed E-state index contributed by atoms with van der Waals surface area (Å²) in [6, 6.07) is 23.8. The highest BCUT2D eigenvalue weighted by molar-refractivity contribution is 8.00. The fourth-order valence-corrected chi connectivity index (χ4v) is 4.29. The predicted molar refractivity (Wildman–Crippen MR) is 127 cm³/mol. The number of carbonyl (C=O) groups is 1. The van der Waals surface area contributed by atoms with Crippen LogP contribution in [0.5, 0.6) is 5.75 Å². The summed E-state index contributed by atoms with van der Waals surface area (Å²) in [6.07, 6.45) is 0.974. The molecule has 0 saturated heterocycles. The second-order valence-electron chi connectivity index (χ2n) is 7.22. The molecule has 4 rings (SSSR count). The number of ether oxygens (including phenoxy) is 1. The van der Waals surface area contributed by atoms with Gasteiger partial charge in [-0.2, -0.15) is 0 Å². The Labute approximate surface area is 186 Å². The zero-order valence-corrected chi connectivity index (χ0v) is 18.6. The van der Waals surface area contributed by atoms with Crippen LogP contribution < -0.4 is 10.1 Å². The molecule has 1 aromatic heterocycles. The molecule has 0 bridgehead atoms. The molecule has 0 radical (unpaired) electrons. The van der Waals surface area contributed by atoms with E-state index in [2.05, 4.69) is 16.8 Å². The lowest BCUT2D eigenvalue weighted by Gasteiger charge is -2.14. The fraction of sp³-hybridized carbons (Fsp3) is 0.200. The molecule has 0 fully saturated rings. The molecule has 158 valence electrons. The summed E-state index contributed by atoms with van der Waals surface area (Å²) < 4.78 is 7.37. The first-order valence-electron chi connectivity index (χ1n) is 10.3. The normalized spacial score (nSPS) is 12.0. The van der Waals surface area contributed by atoms with E-state index in [9.17, 15) is 4.79 Å². The number of rotatable bonds is 7. The van der Waals surface area contributed by atoms with Crippen LogP contribution in [-0.2, 0) is 11.2 Å². The molecule has 0 aliphatic heterocycles. The van der Waals surface area contributed by atoms with Gasteiger partial charge < -0.3 is 10.1 Å². The van der Waals surface area contributed by atoms with Gasteiger partial charge in [0.2, 0.25) is 5.91 Å². The molecule has 1 N–H and O–H groups in total. The van der Waals surface area contributed by atoms with Crippen molar-refractivity contribution in [3.05, 3.63) is 78.4 Å². The Bertz CT molecular complexity index is 1180. The number of aryl methyl sites for hydroxylation is 1. The van der Waals surface area contributed by atoms with Crippen molar-refractivity contribution in [3.63, 3.8) is 0 Å². The van der Waals surface area contributed by atoms with Gasteiger partial charge in [-0.3, -0.25) is 9.36 Å². The van der Waals surface area contributed by atoms with Crippen LogP contribution >= 0.6 is 11.8 Å². The summed E-state index contributed by atoms with van der Waals surface area (Å²) in [5.74, 6) is 0.742. The maximum absolute atomic E-state index is 12.8. The van der Waals surface area contributed by atoms with Crippen molar-refractivity contribution in [3.8, 4) is 11.4 Å². The molecule has 3 aromatic carbocycles. The molecular formula is C25H25N3O2S. The zero-order chi connectivity index (χ0) is 21.8.